The van der Waals surface area contributed by atoms with Gasteiger partial charge in [-0.25, -0.2) is 4.79 Å². The van der Waals surface area contributed by atoms with Gasteiger partial charge in [0.1, 0.15) is 22.6 Å². The van der Waals surface area contributed by atoms with Crippen LogP contribution in [-0.2, 0) is 0 Å². The fraction of sp³-hybridized carbons (Fsp3) is 0.0800. The third-order valence-electron chi connectivity index (χ3n) is 5.18. The Bertz CT molecular complexity index is 1430. The summed E-state index contributed by atoms with van der Waals surface area (Å²) in [6.45, 7) is 2.49. The number of fused-ring (bicyclic) bond motifs is 2. The first-order chi connectivity index (χ1) is 14.7. The number of rotatable bonds is 4. The molecule has 5 nitrogen and oxygen atoms in total. The van der Waals surface area contributed by atoms with E-state index in [0.717, 1.165) is 27.8 Å². The molecule has 0 amide bonds. The molecule has 5 aromatic rings. The number of benzene rings is 3. The minimum Gasteiger partial charge on any atom is -0.506 e. The van der Waals surface area contributed by atoms with Crippen LogP contribution in [0.5, 0.6) is 11.5 Å². The number of nitrogens with one attached hydrogen (secondary N) is 1. The third-order valence-corrected chi connectivity index (χ3v) is 5.18. The van der Waals surface area contributed by atoms with Gasteiger partial charge in [-0.2, -0.15) is 0 Å². The van der Waals surface area contributed by atoms with Crippen molar-refractivity contribution in [1.29, 1.82) is 0 Å². The lowest BCUT2D eigenvalue weighted by molar-refractivity contribution is 0.341. The van der Waals surface area contributed by atoms with E-state index in [9.17, 15) is 9.90 Å². The second-order valence-corrected chi connectivity index (χ2v) is 6.99. The summed E-state index contributed by atoms with van der Waals surface area (Å²) in [6, 6.07) is 22.4. The molecule has 0 unspecified atom stereocenters. The molecule has 0 aliphatic rings. The minimum atomic E-state index is -0.597. The van der Waals surface area contributed by atoms with Crippen LogP contribution in [0.1, 0.15) is 6.92 Å². The molecule has 0 aliphatic heterocycles. The predicted octanol–water partition coefficient (Wildman–Crippen LogP) is 5.71. The maximum absolute atomic E-state index is 12.9. The molecule has 0 saturated heterocycles. The van der Waals surface area contributed by atoms with Crippen molar-refractivity contribution in [2.75, 3.05) is 6.61 Å². The molecule has 148 valence electrons. The Hall–Kier alpha value is -3.99. The Balaban J connectivity index is 1.88. The van der Waals surface area contributed by atoms with E-state index in [4.69, 9.17) is 9.15 Å². The summed E-state index contributed by atoms with van der Waals surface area (Å²) in [5, 5.41) is 12.4. The molecular weight excluding hydrogens is 378 g/mol. The summed E-state index contributed by atoms with van der Waals surface area (Å²) in [6.07, 6.45) is 0. The fourth-order valence-corrected chi connectivity index (χ4v) is 3.87. The Morgan fingerprint density at radius 1 is 0.933 bits per heavy atom. The molecular formula is C25H19NO4. The summed E-state index contributed by atoms with van der Waals surface area (Å²) in [5.41, 5.74) is 2.94. The maximum atomic E-state index is 12.9. The summed E-state index contributed by atoms with van der Waals surface area (Å²) in [5.74, 6) is 0.637. The molecule has 5 rings (SSSR count). The first-order valence-electron chi connectivity index (χ1n) is 9.76. The largest absolute Gasteiger partial charge is 0.506 e. The SMILES string of the molecule is CCOc1ccc2[nH]c(-c3c(O)c4ccccc4oc3=O)c(-c3ccccc3)c2c1. The van der Waals surface area contributed by atoms with Gasteiger partial charge in [0.05, 0.1) is 17.7 Å². The highest BCUT2D eigenvalue weighted by molar-refractivity contribution is 6.06. The zero-order valence-electron chi connectivity index (χ0n) is 16.3. The van der Waals surface area contributed by atoms with Gasteiger partial charge < -0.3 is 19.2 Å². The molecule has 0 bridgehead atoms. The Morgan fingerprint density at radius 3 is 2.50 bits per heavy atom. The Morgan fingerprint density at radius 2 is 1.70 bits per heavy atom. The molecule has 2 N–H and O–H groups in total. The average Bonchev–Trinajstić information content (AvgIpc) is 3.13. The van der Waals surface area contributed by atoms with Crippen LogP contribution in [0.15, 0.2) is 82.0 Å². The molecule has 2 aromatic heterocycles. The van der Waals surface area contributed by atoms with Crippen molar-refractivity contribution in [1.82, 2.24) is 4.98 Å². The van der Waals surface area contributed by atoms with Gasteiger partial charge in [0.25, 0.3) is 0 Å². The molecule has 0 fully saturated rings. The molecule has 0 atom stereocenters. The van der Waals surface area contributed by atoms with E-state index >= 15 is 0 Å². The topological polar surface area (TPSA) is 75.5 Å². The molecule has 3 aromatic carbocycles. The van der Waals surface area contributed by atoms with Gasteiger partial charge in [-0.15, -0.1) is 0 Å². The summed E-state index contributed by atoms with van der Waals surface area (Å²) in [7, 11) is 0. The molecule has 0 saturated carbocycles. The minimum absolute atomic E-state index is 0.101. The molecule has 2 heterocycles. The van der Waals surface area contributed by atoms with Crippen molar-refractivity contribution in [3.05, 3.63) is 83.2 Å². The zero-order chi connectivity index (χ0) is 20.7. The Labute approximate surface area is 172 Å². The van der Waals surface area contributed by atoms with E-state index in [2.05, 4.69) is 4.98 Å². The molecule has 5 heteroatoms. The second kappa shape index (κ2) is 7.12. The average molecular weight is 397 g/mol. The first-order valence-corrected chi connectivity index (χ1v) is 9.76. The lowest BCUT2D eigenvalue weighted by Crippen LogP contribution is -2.04. The Kier molecular flexibility index (Phi) is 4.29. The predicted molar refractivity (Wildman–Crippen MR) is 118 cm³/mol. The summed E-state index contributed by atoms with van der Waals surface area (Å²) >= 11 is 0. The molecule has 0 aliphatic carbocycles. The van der Waals surface area contributed by atoms with Crippen molar-refractivity contribution in [2.24, 2.45) is 0 Å². The van der Waals surface area contributed by atoms with E-state index < -0.39 is 5.63 Å². The highest BCUT2D eigenvalue weighted by atomic mass is 16.5. The van der Waals surface area contributed by atoms with Crippen LogP contribution in [0.3, 0.4) is 0 Å². The quantitative estimate of drug-likeness (QED) is 0.381. The second-order valence-electron chi connectivity index (χ2n) is 6.99. The standard InChI is InChI=1S/C25H19NO4/c1-2-29-16-12-13-19-18(14-16)21(15-8-4-3-5-9-15)23(26-19)22-24(27)17-10-6-7-11-20(17)30-25(22)28/h3-14,26-27H,2H2,1H3. The van der Waals surface area contributed by atoms with Crippen LogP contribution >= 0.6 is 0 Å². The number of hydrogen-bond donors (Lipinski definition) is 2. The van der Waals surface area contributed by atoms with Gasteiger partial charge in [-0.1, -0.05) is 42.5 Å². The number of aromatic nitrogens is 1. The monoisotopic (exact) mass is 397 g/mol. The number of hydrogen-bond acceptors (Lipinski definition) is 4. The van der Waals surface area contributed by atoms with Gasteiger partial charge in [0, 0.05) is 16.5 Å². The normalized spacial score (nSPS) is 11.2. The number of ether oxygens (including phenoxy) is 1. The molecule has 30 heavy (non-hydrogen) atoms. The number of para-hydroxylation sites is 1. The van der Waals surface area contributed by atoms with Crippen LogP contribution in [0.25, 0.3) is 44.3 Å². The smallest absolute Gasteiger partial charge is 0.349 e. The van der Waals surface area contributed by atoms with E-state index in [1.54, 1.807) is 24.3 Å². The van der Waals surface area contributed by atoms with Crippen molar-refractivity contribution in [3.8, 4) is 33.9 Å². The van der Waals surface area contributed by atoms with Crippen LogP contribution in [0.2, 0.25) is 0 Å². The maximum Gasteiger partial charge on any atom is 0.349 e. The van der Waals surface area contributed by atoms with E-state index in [-0.39, 0.29) is 11.3 Å². The van der Waals surface area contributed by atoms with E-state index in [1.807, 2.05) is 55.5 Å². The highest BCUT2D eigenvalue weighted by Crippen LogP contribution is 2.42. The highest BCUT2D eigenvalue weighted by Gasteiger charge is 2.23. The summed E-state index contributed by atoms with van der Waals surface area (Å²) in [4.78, 5) is 16.2. The lowest BCUT2D eigenvalue weighted by atomic mass is 9.98. The van der Waals surface area contributed by atoms with Gasteiger partial charge in [0.15, 0.2) is 0 Å². The van der Waals surface area contributed by atoms with Crippen molar-refractivity contribution in [2.45, 2.75) is 6.92 Å². The van der Waals surface area contributed by atoms with Crippen molar-refractivity contribution in [3.63, 3.8) is 0 Å². The number of H-pyrrole nitrogens is 1. The van der Waals surface area contributed by atoms with Crippen LogP contribution in [0.4, 0.5) is 0 Å². The van der Waals surface area contributed by atoms with Crippen LogP contribution < -0.4 is 10.4 Å². The van der Waals surface area contributed by atoms with Crippen molar-refractivity contribution >= 4 is 21.9 Å². The van der Waals surface area contributed by atoms with Gasteiger partial charge >= 0.3 is 5.63 Å². The van der Waals surface area contributed by atoms with Crippen LogP contribution in [-0.4, -0.2) is 16.7 Å². The van der Waals surface area contributed by atoms with E-state index in [0.29, 0.717) is 23.3 Å². The van der Waals surface area contributed by atoms with Crippen LogP contribution in [0, 0.1) is 0 Å². The number of aromatic amines is 1. The van der Waals surface area contributed by atoms with Crippen molar-refractivity contribution < 1.29 is 14.3 Å². The van der Waals surface area contributed by atoms with Gasteiger partial charge in [-0.05, 0) is 42.8 Å². The number of aromatic hydroxyl groups is 1. The fourth-order valence-electron chi connectivity index (χ4n) is 3.87. The summed E-state index contributed by atoms with van der Waals surface area (Å²) < 4.78 is 11.2. The van der Waals surface area contributed by atoms with Gasteiger partial charge in [-0.3, -0.25) is 0 Å². The zero-order valence-corrected chi connectivity index (χ0v) is 16.3. The third kappa shape index (κ3) is 2.83. The lowest BCUT2D eigenvalue weighted by Gasteiger charge is -2.09. The van der Waals surface area contributed by atoms with E-state index in [1.165, 1.54) is 0 Å². The first kappa shape index (κ1) is 18.1. The van der Waals surface area contributed by atoms with Gasteiger partial charge in [0.2, 0.25) is 0 Å². The molecule has 0 radical (unpaired) electrons. The molecule has 0 spiro atoms.